The van der Waals surface area contributed by atoms with Gasteiger partial charge in [0.1, 0.15) is 0 Å². The highest BCUT2D eigenvalue weighted by molar-refractivity contribution is 5.83. The first-order chi connectivity index (χ1) is 11.4. The molecule has 0 bridgehead atoms. The van der Waals surface area contributed by atoms with E-state index >= 15 is 0 Å². The predicted molar refractivity (Wildman–Crippen MR) is 86.9 cm³/mol. The Kier molecular flexibility index (Phi) is 3.98. The number of para-hydroxylation sites is 1. The Bertz CT molecular complexity index is 867. The average Bonchev–Trinajstić information content (AvgIpc) is 3.14. The number of nitrogens with two attached hydrogens (primary N) is 2. The van der Waals surface area contributed by atoms with E-state index in [9.17, 15) is 4.79 Å². The highest BCUT2D eigenvalue weighted by atomic mass is 16.6. The van der Waals surface area contributed by atoms with Gasteiger partial charge in [0.15, 0.2) is 5.60 Å². The summed E-state index contributed by atoms with van der Waals surface area (Å²) in [7, 11) is 0. The fraction of sp³-hybridized carbons (Fsp3) is 0.312. The molecule has 1 atom stereocenters. The number of fused-ring (bicyclic) bond motifs is 1. The lowest BCUT2D eigenvalue weighted by Crippen LogP contribution is -2.29. The molecule has 5 N–H and O–H groups in total. The van der Waals surface area contributed by atoms with Crippen LogP contribution in [0.2, 0.25) is 0 Å². The lowest BCUT2D eigenvalue weighted by molar-refractivity contribution is 0.0210. The van der Waals surface area contributed by atoms with Gasteiger partial charge in [-0.1, -0.05) is 18.2 Å². The molecule has 1 unspecified atom stereocenters. The Hall–Kier alpha value is -2.87. The summed E-state index contributed by atoms with van der Waals surface area (Å²) in [5.74, 6) is 0.419. The number of carbonyl (C=O) groups excluding carboxylic acids is 1. The number of nitrogens with one attached hydrogen (secondary N) is 1. The highest BCUT2D eigenvalue weighted by Gasteiger charge is 2.32. The van der Waals surface area contributed by atoms with Crippen LogP contribution in [0.4, 0.5) is 4.79 Å². The second-order valence-corrected chi connectivity index (χ2v) is 6.05. The van der Waals surface area contributed by atoms with Crippen LogP contribution in [0.5, 0.6) is 0 Å². The highest BCUT2D eigenvalue weighted by Crippen LogP contribution is 2.27. The zero-order valence-electron chi connectivity index (χ0n) is 13.4. The van der Waals surface area contributed by atoms with Gasteiger partial charge in [0.05, 0.1) is 6.04 Å². The molecule has 0 aliphatic heterocycles. The molecule has 3 rings (SSSR count). The zero-order chi connectivity index (χ0) is 17.3. The number of H-pyrrole nitrogens is 1. The fourth-order valence-corrected chi connectivity index (χ4v) is 2.55. The van der Waals surface area contributed by atoms with E-state index in [1.165, 1.54) is 0 Å². The molecular formula is C16H19N5O3. The third-order valence-electron chi connectivity index (χ3n) is 3.74. The number of benzene rings is 1. The van der Waals surface area contributed by atoms with Crippen molar-refractivity contribution in [2.24, 2.45) is 11.5 Å². The van der Waals surface area contributed by atoms with E-state index in [1.54, 1.807) is 13.8 Å². The van der Waals surface area contributed by atoms with Gasteiger partial charge in [0, 0.05) is 17.1 Å². The quantitative estimate of drug-likeness (QED) is 0.656. The predicted octanol–water partition coefficient (Wildman–Crippen LogP) is 2.12. The van der Waals surface area contributed by atoms with E-state index in [0.717, 1.165) is 16.5 Å². The summed E-state index contributed by atoms with van der Waals surface area (Å²) in [6.45, 7) is 3.22. The summed E-state index contributed by atoms with van der Waals surface area (Å²) < 4.78 is 10.6. The summed E-state index contributed by atoms with van der Waals surface area (Å²) in [6, 6.07) is 7.48. The first-order valence-corrected chi connectivity index (χ1v) is 7.50. The molecule has 8 nitrogen and oxygen atoms in total. The summed E-state index contributed by atoms with van der Waals surface area (Å²) >= 11 is 0. The van der Waals surface area contributed by atoms with Crippen molar-refractivity contribution in [3.63, 3.8) is 0 Å². The summed E-state index contributed by atoms with van der Waals surface area (Å²) in [4.78, 5) is 14.1. The molecule has 0 saturated carbocycles. The van der Waals surface area contributed by atoms with E-state index in [4.69, 9.17) is 20.6 Å². The minimum atomic E-state index is -1.11. The van der Waals surface area contributed by atoms with Crippen LogP contribution < -0.4 is 11.5 Å². The number of hydrogen-bond donors (Lipinski definition) is 3. The number of ether oxygens (including phenoxy) is 1. The normalized spacial score (nSPS) is 13.1. The Morgan fingerprint density at radius 3 is 2.88 bits per heavy atom. The molecule has 8 heteroatoms. The van der Waals surface area contributed by atoms with Crippen LogP contribution in [-0.2, 0) is 16.8 Å². The molecule has 1 aromatic carbocycles. The van der Waals surface area contributed by atoms with Gasteiger partial charge in [-0.05, 0) is 31.9 Å². The number of rotatable bonds is 5. The average molecular weight is 329 g/mol. The molecule has 0 aliphatic rings. The second-order valence-electron chi connectivity index (χ2n) is 6.05. The maximum atomic E-state index is 10.9. The molecule has 0 fully saturated rings. The molecular weight excluding hydrogens is 310 g/mol. The van der Waals surface area contributed by atoms with Crippen molar-refractivity contribution in [2.45, 2.75) is 31.9 Å². The van der Waals surface area contributed by atoms with Crippen molar-refractivity contribution in [1.29, 1.82) is 0 Å². The Morgan fingerprint density at radius 1 is 1.38 bits per heavy atom. The lowest BCUT2D eigenvalue weighted by Gasteiger charge is -2.19. The molecule has 24 heavy (non-hydrogen) atoms. The molecule has 0 aliphatic carbocycles. The van der Waals surface area contributed by atoms with Crippen LogP contribution >= 0.6 is 0 Å². The van der Waals surface area contributed by atoms with Crippen LogP contribution in [-0.4, -0.2) is 21.3 Å². The number of primary amides is 1. The van der Waals surface area contributed by atoms with E-state index in [-0.39, 0.29) is 11.8 Å². The first-order valence-electron chi connectivity index (χ1n) is 7.50. The van der Waals surface area contributed by atoms with E-state index in [0.29, 0.717) is 6.42 Å². The van der Waals surface area contributed by atoms with Gasteiger partial charge in [-0.2, -0.15) is 0 Å². The van der Waals surface area contributed by atoms with E-state index in [1.807, 2.05) is 30.5 Å². The molecule has 3 aromatic rings. The van der Waals surface area contributed by atoms with Gasteiger partial charge in [-0.25, -0.2) is 4.79 Å². The number of aromatic nitrogens is 3. The Balaban J connectivity index is 1.79. The largest absolute Gasteiger partial charge is 0.434 e. The van der Waals surface area contributed by atoms with Crippen LogP contribution in [0.25, 0.3) is 10.9 Å². The van der Waals surface area contributed by atoms with E-state index < -0.39 is 17.7 Å². The lowest BCUT2D eigenvalue weighted by atomic mass is 10.1. The van der Waals surface area contributed by atoms with Crippen molar-refractivity contribution in [2.75, 3.05) is 0 Å². The molecule has 2 aromatic heterocycles. The molecule has 0 radical (unpaired) electrons. The number of aromatic amines is 1. The second kappa shape index (κ2) is 5.97. The number of nitrogens with zero attached hydrogens (tertiary/aromatic N) is 2. The van der Waals surface area contributed by atoms with Gasteiger partial charge in [-0.15, -0.1) is 10.2 Å². The smallest absolute Gasteiger partial charge is 0.405 e. The number of amides is 1. The maximum Gasteiger partial charge on any atom is 0.405 e. The summed E-state index contributed by atoms with van der Waals surface area (Å²) in [6.07, 6.45) is 1.54. The molecule has 2 heterocycles. The minimum Gasteiger partial charge on any atom is -0.434 e. The Morgan fingerprint density at radius 2 is 2.12 bits per heavy atom. The standard InChI is InChI=1S/C16H19N5O3/c1-16(2,24-15(18)22)14-21-20-13(23-14)11(17)7-9-8-19-12-6-4-3-5-10(9)12/h3-6,8,11,19H,7,17H2,1-2H3,(H2,18,22). The SMILES string of the molecule is CC(C)(OC(N)=O)c1nnc(C(N)Cc2c[nH]c3ccccc23)o1. The van der Waals surface area contributed by atoms with Crippen molar-refractivity contribution in [3.05, 3.63) is 47.8 Å². The molecule has 0 saturated heterocycles. The van der Waals surface area contributed by atoms with Crippen LogP contribution in [0.15, 0.2) is 34.9 Å². The Labute approximate surface area is 138 Å². The van der Waals surface area contributed by atoms with Gasteiger partial charge < -0.3 is 25.6 Å². The van der Waals surface area contributed by atoms with Crippen molar-refractivity contribution in [1.82, 2.24) is 15.2 Å². The zero-order valence-corrected chi connectivity index (χ0v) is 13.4. The van der Waals surface area contributed by atoms with E-state index in [2.05, 4.69) is 15.2 Å². The third-order valence-corrected chi connectivity index (χ3v) is 3.74. The minimum absolute atomic E-state index is 0.144. The van der Waals surface area contributed by atoms with Gasteiger partial charge in [-0.3, -0.25) is 0 Å². The van der Waals surface area contributed by atoms with Crippen LogP contribution in [0, 0.1) is 0 Å². The summed E-state index contributed by atoms with van der Waals surface area (Å²) in [5, 5.41) is 8.98. The van der Waals surface area contributed by atoms with Crippen molar-refractivity contribution < 1.29 is 13.9 Å². The van der Waals surface area contributed by atoms with Gasteiger partial charge >= 0.3 is 6.09 Å². The van der Waals surface area contributed by atoms with Crippen LogP contribution in [0.1, 0.15) is 37.2 Å². The summed E-state index contributed by atoms with van der Waals surface area (Å²) in [5.41, 5.74) is 12.2. The fourth-order valence-electron chi connectivity index (χ4n) is 2.55. The van der Waals surface area contributed by atoms with Crippen molar-refractivity contribution in [3.8, 4) is 0 Å². The van der Waals surface area contributed by atoms with Gasteiger partial charge in [0.25, 0.3) is 5.89 Å². The monoisotopic (exact) mass is 329 g/mol. The number of carbonyl (C=O) groups is 1. The topological polar surface area (TPSA) is 133 Å². The van der Waals surface area contributed by atoms with Crippen molar-refractivity contribution >= 4 is 17.0 Å². The molecule has 126 valence electrons. The third kappa shape index (κ3) is 3.09. The first kappa shape index (κ1) is 16.0. The maximum absolute atomic E-state index is 10.9. The molecule has 0 spiro atoms. The number of hydrogen-bond acceptors (Lipinski definition) is 6. The van der Waals surface area contributed by atoms with Gasteiger partial charge in [0.2, 0.25) is 5.89 Å². The van der Waals surface area contributed by atoms with Crippen LogP contribution in [0.3, 0.4) is 0 Å². The molecule has 1 amide bonds.